The number of piperidine rings is 1. The van der Waals surface area contributed by atoms with E-state index < -0.39 is 0 Å². The molecule has 0 spiro atoms. The molecule has 1 saturated heterocycles. The van der Waals surface area contributed by atoms with Crippen molar-refractivity contribution in [1.29, 1.82) is 0 Å². The summed E-state index contributed by atoms with van der Waals surface area (Å²) in [5.74, 6) is 1.04. The number of aromatic hydroxyl groups is 1. The maximum Gasteiger partial charge on any atom is 0.223 e. The highest BCUT2D eigenvalue weighted by Gasteiger charge is 2.27. The van der Waals surface area contributed by atoms with Gasteiger partial charge < -0.3 is 20.1 Å². The summed E-state index contributed by atoms with van der Waals surface area (Å²) in [7, 11) is 1.56. The molecule has 1 aliphatic rings. The fourth-order valence-corrected chi connectivity index (χ4v) is 2.99. The fourth-order valence-electron chi connectivity index (χ4n) is 2.99. The average Bonchev–Trinajstić information content (AvgIpc) is 2.49. The highest BCUT2D eigenvalue weighted by atomic mass is 16.5. The van der Waals surface area contributed by atoms with Gasteiger partial charge in [0.25, 0.3) is 0 Å². The molecule has 1 aromatic rings. The molecule has 1 aliphatic heterocycles. The van der Waals surface area contributed by atoms with E-state index in [1.165, 1.54) is 4.90 Å². The highest BCUT2D eigenvalue weighted by Crippen LogP contribution is 2.26. The van der Waals surface area contributed by atoms with Crippen LogP contribution in [0, 0.1) is 5.92 Å². The van der Waals surface area contributed by atoms with E-state index in [1.54, 1.807) is 13.2 Å². The van der Waals surface area contributed by atoms with Crippen LogP contribution in [0.3, 0.4) is 0 Å². The van der Waals surface area contributed by atoms with Gasteiger partial charge in [0.1, 0.15) is 6.54 Å². The van der Waals surface area contributed by atoms with Crippen molar-refractivity contribution in [2.75, 3.05) is 20.2 Å². The quantitative estimate of drug-likeness (QED) is 0.751. The lowest BCUT2D eigenvalue weighted by Gasteiger charge is -2.29. The van der Waals surface area contributed by atoms with E-state index in [-0.39, 0.29) is 23.6 Å². The predicted molar refractivity (Wildman–Crippen MR) is 85.1 cm³/mol. The third-order valence-corrected chi connectivity index (χ3v) is 4.19. The van der Waals surface area contributed by atoms with Gasteiger partial charge >= 0.3 is 0 Å². The normalized spacial score (nSPS) is 21.6. The Kier molecular flexibility index (Phi) is 5.66. The number of hydrogen-bond acceptors (Lipinski definition) is 3. The molecule has 5 heteroatoms. The Morgan fingerprint density at radius 3 is 2.68 bits per heavy atom. The van der Waals surface area contributed by atoms with Gasteiger partial charge in [-0.15, -0.1) is 0 Å². The number of benzene rings is 1. The van der Waals surface area contributed by atoms with Gasteiger partial charge in [0.15, 0.2) is 11.5 Å². The number of methoxy groups -OCH3 is 1. The van der Waals surface area contributed by atoms with Crippen molar-refractivity contribution < 1.29 is 19.5 Å². The van der Waals surface area contributed by atoms with Crippen LogP contribution >= 0.6 is 0 Å². The van der Waals surface area contributed by atoms with Crippen LogP contribution < -0.4 is 15.0 Å². The van der Waals surface area contributed by atoms with Crippen LogP contribution in [0.5, 0.6) is 11.5 Å². The lowest BCUT2D eigenvalue weighted by Crippen LogP contribution is -3.11. The third kappa shape index (κ3) is 4.37. The summed E-state index contributed by atoms with van der Waals surface area (Å²) in [5, 5.41) is 12.6. The van der Waals surface area contributed by atoms with Crippen molar-refractivity contribution in [1.82, 2.24) is 5.32 Å². The number of rotatable bonds is 5. The number of amides is 1. The minimum absolute atomic E-state index is 0.153. The van der Waals surface area contributed by atoms with Gasteiger partial charge in [-0.25, -0.2) is 0 Å². The first kappa shape index (κ1) is 16.6. The molecule has 0 bridgehead atoms. The van der Waals surface area contributed by atoms with Crippen LogP contribution in [0.25, 0.3) is 0 Å². The van der Waals surface area contributed by atoms with Crippen LogP contribution in [-0.4, -0.2) is 37.3 Å². The SMILES string of the molecule is COc1cc(C[NH+]2CCC(C(=O)NC(C)C)CC2)ccc1O. The lowest BCUT2D eigenvalue weighted by molar-refractivity contribution is -0.919. The number of phenols is 1. The Bertz CT molecular complexity index is 509. The van der Waals surface area contributed by atoms with Crippen LogP contribution in [0.2, 0.25) is 0 Å². The summed E-state index contributed by atoms with van der Waals surface area (Å²) in [5.41, 5.74) is 1.15. The molecule has 1 fully saturated rings. The van der Waals surface area contributed by atoms with Crippen LogP contribution in [0.4, 0.5) is 0 Å². The minimum Gasteiger partial charge on any atom is -0.504 e. The van der Waals surface area contributed by atoms with Crippen molar-refractivity contribution in [3.05, 3.63) is 23.8 Å². The van der Waals surface area contributed by atoms with Gasteiger partial charge in [-0.2, -0.15) is 0 Å². The van der Waals surface area contributed by atoms with Crippen molar-refractivity contribution >= 4 is 5.91 Å². The molecule has 0 unspecified atom stereocenters. The molecule has 122 valence electrons. The third-order valence-electron chi connectivity index (χ3n) is 4.19. The van der Waals surface area contributed by atoms with Gasteiger partial charge in [-0.1, -0.05) is 0 Å². The zero-order valence-corrected chi connectivity index (χ0v) is 13.7. The number of hydrogen-bond donors (Lipinski definition) is 3. The molecule has 1 amide bonds. The van der Waals surface area contributed by atoms with Gasteiger partial charge in [0.2, 0.25) is 5.91 Å². The van der Waals surface area contributed by atoms with E-state index >= 15 is 0 Å². The lowest BCUT2D eigenvalue weighted by atomic mass is 9.95. The zero-order valence-electron chi connectivity index (χ0n) is 13.7. The summed E-state index contributed by atoms with van der Waals surface area (Å²) in [6.07, 6.45) is 1.87. The Morgan fingerprint density at radius 2 is 2.09 bits per heavy atom. The van der Waals surface area contributed by atoms with E-state index in [9.17, 15) is 9.90 Å². The van der Waals surface area contributed by atoms with E-state index in [4.69, 9.17) is 4.74 Å². The van der Waals surface area contributed by atoms with Crippen molar-refractivity contribution in [3.8, 4) is 11.5 Å². The monoisotopic (exact) mass is 307 g/mol. The Morgan fingerprint density at radius 1 is 1.41 bits per heavy atom. The number of phenolic OH excluding ortho intramolecular Hbond substituents is 1. The van der Waals surface area contributed by atoms with Crippen LogP contribution in [-0.2, 0) is 11.3 Å². The van der Waals surface area contributed by atoms with Gasteiger partial charge in [-0.05, 0) is 32.0 Å². The number of carbonyl (C=O) groups excluding carboxylic acids is 1. The maximum atomic E-state index is 12.0. The van der Waals surface area contributed by atoms with Crippen molar-refractivity contribution in [3.63, 3.8) is 0 Å². The highest BCUT2D eigenvalue weighted by molar-refractivity contribution is 5.78. The van der Waals surface area contributed by atoms with Crippen LogP contribution in [0.1, 0.15) is 32.3 Å². The molecule has 3 N–H and O–H groups in total. The predicted octanol–water partition coefficient (Wildman–Crippen LogP) is 0.720. The molecule has 0 atom stereocenters. The average molecular weight is 307 g/mol. The largest absolute Gasteiger partial charge is 0.504 e. The first-order valence-electron chi connectivity index (χ1n) is 7.99. The molecule has 0 saturated carbocycles. The van der Waals surface area contributed by atoms with E-state index in [2.05, 4.69) is 5.32 Å². The molecule has 22 heavy (non-hydrogen) atoms. The first-order valence-corrected chi connectivity index (χ1v) is 7.99. The van der Waals surface area contributed by atoms with Gasteiger partial charge in [0, 0.05) is 30.4 Å². The zero-order chi connectivity index (χ0) is 16.1. The Hall–Kier alpha value is -1.75. The number of quaternary nitrogens is 1. The van der Waals surface area contributed by atoms with Crippen molar-refractivity contribution in [2.24, 2.45) is 5.92 Å². The topological polar surface area (TPSA) is 63.0 Å². The first-order chi connectivity index (χ1) is 10.5. The van der Waals surface area contributed by atoms with Crippen LogP contribution in [0.15, 0.2) is 18.2 Å². The molecule has 0 aromatic heterocycles. The van der Waals surface area contributed by atoms with Crippen molar-refractivity contribution in [2.45, 2.75) is 39.3 Å². The number of likely N-dealkylation sites (tertiary alicyclic amines) is 1. The second-order valence-electron chi connectivity index (χ2n) is 6.37. The molecule has 1 aromatic carbocycles. The molecular formula is C17H27N2O3+. The molecular weight excluding hydrogens is 280 g/mol. The summed E-state index contributed by atoms with van der Waals surface area (Å²) in [6.45, 7) is 6.89. The molecule has 1 heterocycles. The second kappa shape index (κ2) is 7.49. The Balaban J connectivity index is 1.86. The molecule has 0 radical (unpaired) electrons. The fraction of sp³-hybridized carbons (Fsp3) is 0.588. The molecule has 5 nitrogen and oxygen atoms in total. The minimum atomic E-state index is 0.153. The standard InChI is InChI=1S/C17H26N2O3/c1-12(2)18-17(21)14-6-8-19(9-7-14)11-13-4-5-15(20)16(10-13)22-3/h4-5,10,12,14,20H,6-9,11H2,1-3H3,(H,18,21)/p+1. The summed E-state index contributed by atoms with van der Waals surface area (Å²) in [6, 6.07) is 5.71. The molecule has 2 rings (SSSR count). The molecule has 0 aliphatic carbocycles. The van der Waals surface area contributed by atoms with E-state index in [0.717, 1.165) is 38.0 Å². The number of ether oxygens (including phenoxy) is 1. The van der Waals surface area contributed by atoms with E-state index in [1.807, 2.05) is 26.0 Å². The summed E-state index contributed by atoms with van der Waals surface area (Å²) in [4.78, 5) is 13.5. The van der Waals surface area contributed by atoms with E-state index in [0.29, 0.717) is 5.75 Å². The van der Waals surface area contributed by atoms with Gasteiger partial charge in [0.05, 0.1) is 20.2 Å². The number of carbonyl (C=O) groups is 1. The maximum absolute atomic E-state index is 12.0. The van der Waals surface area contributed by atoms with Gasteiger partial charge in [-0.3, -0.25) is 4.79 Å². The Labute approximate surface area is 132 Å². The number of nitrogens with one attached hydrogen (secondary N) is 2. The summed E-state index contributed by atoms with van der Waals surface area (Å²) >= 11 is 0. The smallest absolute Gasteiger partial charge is 0.223 e. The second-order valence-corrected chi connectivity index (χ2v) is 6.37. The summed E-state index contributed by atoms with van der Waals surface area (Å²) < 4.78 is 5.15.